The molecule has 3 nitrogen and oxygen atoms in total. The number of carbonyl (C=O) groups is 1. The average molecular weight is 232 g/mol. The third-order valence-electron chi connectivity index (χ3n) is 3.29. The standard InChI is InChI=1S/C11H18ClNO2/c1-11(5-2-6-15-11)10(14)13-7-9(12)8-3-4-8/h8-9H,2-7H2,1H3,(H,13,14). The second-order valence-electron chi connectivity index (χ2n) is 4.75. The molecular formula is C11H18ClNO2. The van der Waals surface area contributed by atoms with E-state index in [1.807, 2.05) is 6.92 Å². The Balaban J connectivity index is 1.75. The van der Waals surface area contributed by atoms with Crippen LogP contribution in [-0.2, 0) is 9.53 Å². The number of hydrogen-bond donors (Lipinski definition) is 1. The number of hydrogen-bond acceptors (Lipinski definition) is 2. The second kappa shape index (κ2) is 4.30. The number of amides is 1. The molecule has 15 heavy (non-hydrogen) atoms. The number of nitrogens with one attached hydrogen (secondary N) is 1. The smallest absolute Gasteiger partial charge is 0.252 e. The molecule has 0 spiro atoms. The van der Waals surface area contributed by atoms with Crippen LogP contribution >= 0.6 is 11.6 Å². The number of ether oxygens (including phenoxy) is 1. The van der Waals surface area contributed by atoms with Gasteiger partial charge >= 0.3 is 0 Å². The fraction of sp³-hybridized carbons (Fsp3) is 0.909. The first-order valence-corrected chi connectivity index (χ1v) is 6.12. The van der Waals surface area contributed by atoms with Crippen LogP contribution in [0.5, 0.6) is 0 Å². The number of halogens is 1. The van der Waals surface area contributed by atoms with Gasteiger partial charge in [-0.25, -0.2) is 0 Å². The predicted molar refractivity (Wildman–Crippen MR) is 59.0 cm³/mol. The van der Waals surface area contributed by atoms with E-state index in [1.165, 1.54) is 12.8 Å². The van der Waals surface area contributed by atoms with Crippen LogP contribution in [0.2, 0.25) is 0 Å². The molecule has 0 aromatic heterocycles. The molecule has 2 rings (SSSR count). The lowest BCUT2D eigenvalue weighted by Crippen LogP contribution is -2.45. The molecule has 1 N–H and O–H groups in total. The minimum absolute atomic E-state index is 0.00806. The zero-order chi connectivity index (χ0) is 10.9. The van der Waals surface area contributed by atoms with Gasteiger partial charge in [0.25, 0.3) is 5.91 Å². The highest BCUT2D eigenvalue weighted by Crippen LogP contribution is 2.35. The minimum Gasteiger partial charge on any atom is -0.365 e. The van der Waals surface area contributed by atoms with E-state index in [-0.39, 0.29) is 11.3 Å². The number of carbonyl (C=O) groups excluding carboxylic acids is 1. The summed E-state index contributed by atoms with van der Waals surface area (Å²) in [5.41, 5.74) is -0.611. The molecule has 1 aliphatic heterocycles. The van der Waals surface area contributed by atoms with Crippen LogP contribution in [0.1, 0.15) is 32.6 Å². The molecular weight excluding hydrogens is 214 g/mol. The molecule has 2 atom stereocenters. The van der Waals surface area contributed by atoms with Crippen molar-refractivity contribution in [2.24, 2.45) is 5.92 Å². The topological polar surface area (TPSA) is 38.3 Å². The zero-order valence-corrected chi connectivity index (χ0v) is 9.85. The summed E-state index contributed by atoms with van der Waals surface area (Å²) in [6.45, 7) is 3.12. The van der Waals surface area contributed by atoms with Gasteiger partial charge in [0.05, 0.1) is 5.38 Å². The van der Waals surface area contributed by atoms with Crippen molar-refractivity contribution in [1.29, 1.82) is 0 Å². The zero-order valence-electron chi connectivity index (χ0n) is 9.09. The summed E-state index contributed by atoms with van der Waals surface area (Å²) in [5, 5.41) is 2.99. The van der Waals surface area contributed by atoms with Gasteiger partial charge in [-0.3, -0.25) is 4.79 Å². The van der Waals surface area contributed by atoms with E-state index in [9.17, 15) is 4.79 Å². The summed E-state index contributed by atoms with van der Waals surface area (Å²) in [4.78, 5) is 11.8. The maximum atomic E-state index is 11.8. The van der Waals surface area contributed by atoms with Gasteiger partial charge in [-0.15, -0.1) is 11.6 Å². The Morgan fingerprint density at radius 1 is 1.67 bits per heavy atom. The Hall–Kier alpha value is -0.280. The Morgan fingerprint density at radius 2 is 2.40 bits per heavy atom. The number of rotatable bonds is 4. The van der Waals surface area contributed by atoms with Crippen LogP contribution in [-0.4, -0.2) is 30.0 Å². The fourth-order valence-electron chi connectivity index (χ4n) is 1.96. The second-order valence-corrected chi connectivity index (χ2v) is 5.31. The normalized spacial score (nSPS) is 32.7. The van der Waals surface area contributed by atoms with Crippen LogP contribution in [0.25, 0.3) is 0 Å². The summed E-state index contributed by atoms with van der Waals surface area (Å²) < 4.78 is 5.46. The SMILES string of the molecule is CC1(C(=O)NCC(Cl)C2CC2)CCCO1. The van der Waals surface area contributed by atoms with Crippen molar-refractivity contribution < 1.29 is 9.53 Å². The van der Waals surface area contributed by atoms with Crippen molar-refractivity contribution in [3.63, 3.8) is 0 Å². The van der Waals surface area contributed by atoms with Gasteiger partial charge in [-0.05, 0) is 38.5 Å². The summed E-state index contributed by atoms with van der Waals surface area (Å²) >= 11 is 6.12. The maximum Gasteiger partial charge on any atom is 0.252 e. The molecule has 86 valence electrons. The number of alkyl halides is 1. The third kappa shape index (κ3) is 2.64. The summed E-state index contributed by atoms with van der Waals surface area (Å²) in [6, 6.07) is 0. The van der Waals surface area contributed by atoms with Gasteiger partial charge in [0.2, 0.25) is 0 Å². The van der Waals surface area contributed by atoms with Crippen LogP contribution in [0.3, 0.4) is 0 Å². The molecule has 2 fully saturated rings. The Bertz CT molecular complexity index is 247. The van der Waals surface area contributed by atoms with Crippen molar-refractivity contribution in [2.75, 3.05) is 13.2 Å². The van der Waals surface area contributed by atoms with E-state index in [0.717, 1.165) is 12.8 Å². The molecule has 2 aliphatic rings. The van der Waals surface area contributed by atoms with Gasteiger partial charge in [0, 0.05) is 13.2 Å². The Labute approximate surface area is 95.5 Å². The highest BCUT2D eigenvalue weighted by Gasteiger charge is 2.38. The summed E-state index contributed by atoms with van der Waals surface area (Å²) in [5.74, 6) is 0.607. The van der Waals surface area contributed by atoms with Gasteiger partial charge in [-0.2, -0.15) is 0 Å². The molecule has 4 heteroatoms. The highest BCUT2D eigenvalue weighted by atomic mass is 35.5. The molecule has 1 aliphatic carbocycles. The van der Waals surface area contributed by atoms with E-state index in [0.29, 0.717) is 19.1 Å². The summed E-state index contributed by atoms with van der Waals surface area (Å²) in [7, 11) is 0. The first-order chi connectivity index (χ1) is 7.12. The third-order valence-corrected chi connectivity index (χ3v) is 3.80. The van der Waals surface area contributed by atoms with Crippen molar-refractivity contribution >= 4 is 17.5 Å². The van der Waals surface area contributed by atoms with E-state index >= 15 is 0 Å². The monoisotopic (exact) mass is 231 g/mol. The highest BCUT2D eigenvalue weighted by molar-refractivity contribution is 6.21. The molecule has 2 unspecified atom stereocenters. The lowest BCUT2D eigenvalue weighted by molar-refractivity contribution is -0.139. The quantitative estimate of drug-likeness (QED) is 0.748. The van der Waals surface area contributed by atoms with Crippen molar-refractivity contribution in [3.8, 4) is 0 Å². The van der Waals surface area contributed by atoms with Crippen LogP contribution < -0.4 is 5.32 Å². The Kier molecular flexibility index (Phi) is 3.21. The van der Waals surface area contributed by atoms with Crippen LogP contribution in [0.4, 0.5) is 0 Å². The maximum absolute atomic E-state index is 11.8. The van der Waals surface area contributed by atoms with Crippen molar-refractivity contribution in [2.45, 2.75) is 43.6 Å². The average Bonchev–Trinajstić information content (AvgIpc) is 2.98. The largest absolute Gasteiger partial charge is 0.365 e. The van der Waals surface area contributed by atoms with Gasteiger partial charge in [0.1, 0.15) is 5.60 Å². The molecule has 0 aromatic rings. The van der Waals surface area contributed by atoms with Crippen LogP contribution in [0, 0.1) is 5.92 Å². The molecule has 0 bridgehead atoms. The molecule has 0 radical (unpaired) electrons. The van der Waals surface area contributed by atoms with E-state index in [1.54, 1.807) is 0 Å². The molecule has 1 amide bonds. The first-order valence-electron chi connectivity index (χ1n) is 5.68. The fourth-order valence-corrected chi connectivity index (χ4v) is 2.29. The van der Waals surface area contributed by atoms with E-state index in [4.69, 9.17) is 16.3 Å². The van der Waals surface area contributed by atoms with Gasteiger partial charge in [0.15, 0.2) is 0 Å². The molecule has 0 aromatic carbocycles. The Morgan fingerprint density at radius 3 is 2.93 bits per heavy atom. The van der Waals surface area contributed by atoms with Crippen molar-refractivity contribution in [1.82, 2.24) is 5.32 Å². The lowest BCUT2D eigenvalue weighted by atomic mass is 10.0. The minimum atomic E-state index is -0.611. The first kappa shape index (κ1) is 11.2. The predicted octanol–water partition coefficient (Wildman–Crippen LogP) is 1.69. The van der Waals surface area contributed by atoms with E-state index < -0.39 is 5.60 Å². The van der Waals surface area contributed by atoms with Gasteiger partial charge < -0.3 is 10.1 Å². The summed E-state index contributed by atoms with van der Waals surface area (Å²) in [6.07, 6.45) is 4.20. The molecule has 1 saturated heterocycles. The van der Waals surface area contributed by atoms with Crippen molar-refractivity contribution in [3.05, 3.63) is 0 Å². The molecule has 1 heterocycles. The van der Waals surface area contributed by atoms with Gasteiger partial charge in [-0.1, -0.05) is 0 Å². The molecule has 1 saturated carbocycles. The lowest BCUT2D eigenvalue weighted by Gasteiger charge is -2.22. The van der Waals surface area contributed by atoms with E-state index in [2.05, 4.69) is 5.32 Å². The van der Waals surface area contributed by atoms with Crippen LogP contribution in [0.15, 0.2) is 0 Å².